The highest BCUT2D eigenvalue weighted by Crippen LogP contribution is 2.36. The Balaban J connectivity index is 0.00000323. The van der Waals surface area contributed by atoms with Crippen LogP contribution in [-0.4, -0.2) is 53.5 Å². The van der Waals surface area contributed by atoms with Crippen molar-refractivity contribution >= 4 is 39.8 Å². The molecule has 0 amide bonds. The summed E-state index contributed by atoms with van der Waals surface area (Å²) in [4.78, 5) is 16.0. The highest BCUT2D eigenvalue weighted by Gasteiger charge is 2.31. The van der Waals surface area contributed by atoms with E-state index < -0.39 is 12.6 Å². The molecule has 1 aliphatic carbocycles. The van der Waals surface area contributed by atoms with Crippen molar-refractivity contribution in [3.8, 4) is 22.8 Å². The van der Waals surface area contributed by atoms with Crippen LogP contribution in [0, 0.1) is 0 Å². The predicted molar refractivity (Wildman–Crippen MR) is 152 cm³/mol. The van der Waals surface area contributed by atoms with Gasteiger partial charge in [-0.1, -0.05) is 24.3 Å². The largest absolute Gasteiger partial charge is 0.484 e. The summed E-state index contributed by atoms with van der Waals surface area (Å²) in [6.45, 7) is 1.80. The van der Waals surface area contributed by atoms with Gasteiger partial charge in [0.15, 0.2) is 5.75 Å². The number of fused-ring (bicyclic) bond motifs is 2. The fourth-order valence-corrected chi connectivity index (χ4v) is 6.32. The molecule has 4 heterocycles. The van der Waals surface area contributed by atoms with Crippen molar-refractivity contribution in [2.45, 2.75) is 50.5 Å². The molecule has 12 heteroatoms. The maximum atomic E-state index is 12.9. The van der Waals surface area contributed by atoms with E-state index in [1.165, 1.54) is 11.9 Å². The number of benzene rings is 1. The molecule has 1 aromatic carbocycles. The van der Waals surface area contributed by atoms with Gasteiger partial charge in [0.2, 0.25) is 0 Å². The number of hydrogen-bond donors (Lipinski definition) is 1. The number of nitrogens with one attached hydrogen (secondary N) is 1. The molecule has 4 aromatic rings. The smallest absolute Gasteiger partial charge is 0.393 e. The number of nitrogens with zero attached hydrogens (tertiary/aromatic N) is 4. The van der Waals surface area contributed by atoms with E-state index in [0.717, 1.165) is 48.3 Å². The Labute approximate surface area is 240 Å². The Hall–Kier alpha value is -3.15. The van der Waals surface area contributed by atoms with Gasteiger partial charge in [-0.3, -0.25) is 0 Å². The first-order valence-electron chi connectivity index (χ1n) is 12.9. The first kappa shape index (κ1) is 28.4. The number of pyridine rings is 1. The third-order valence-corrected chi connectivity index (χ3v) is 8.34. The third-order valence-electron chi connectivity index (χ3n) is 7.30. The molecule has 1 aliphatic heterocycles. The highest BCUT2D eigenvalue weighted by molar-refractivity contribution is 7.18. The van der Waals surface area contributed by atoms with E-state index in [1.54, 1.807) is 12.3 Å². The van der Waals surface area contributed by atoms with E-state index in [1.807, 2.05) is 13.1 Å². The molecule has 0 unspecified atom stereocenters. The quantitative estimate of drug-likeness (QED) is 0.274. The van der Waals surface area contributed by atoms with Crippen LogP contribution >= 0.6 is 23.7 Å². The number of ether oxygens (including phenoxy) is 2. The molecule has 3 aromatic heterocycles. The summed E-state index contributed by atoms with van der Waals surface area (Å²) in [6.07, 6.45) is 0.992. The van der Waals surface area contributed by atoms with Gasteiger partial charge in [-0.25, -0.2) is 15.0 Å². The van der Waals surface area contributed by atoms with Crippen LogP contribution < -0.4 is 19.7 Å². The minimum absolute atomic E-state index is 0. The summed E-state index contributed by atoms with van der Waals surface area (Å²) < 4.78 is 49.9. The van der Waals surface area contributed by atoms with Crippen molar-refractivity contribution in [1.82, 2.24) is 20.3 Å². The van der Waals surface area contributed by atoms with Gasteiger partial charge < -0.3 is 19.7 Å². The average molecular weight is 592 g/mol. The molecule has 0 radical (unpaired) electrons. The summed E-state index contributed by atoms with van der Waals surface area (Å²) in [5.74, 6) is 1.91. The fraction of sp³-hybridized carbons (Fsp3) is 0.393. The van der Waals surface area contributed by atoms with E-state index in [9.17, 15) is 13.2 Å². The van der Waals surface area contributed by atoms with Crippen LogP contribution in [0.5, 0.6) is 11.6 Å². The maximum Gasteiger partial charge on any atom is 0.393 e. The molecule has 7 nitrogen and oxygen atoms in total. The Morgan fingerprint density at radius 3 is 2.62 bits per heavy atom. The normalized spacial score (nSPS) is 18.5. The lowest BCUT2D eigenvalue weighted by atomic mass is 10.1. The van der Waals surface area contributed by atoms with Crippen LogP contribution in [0.25, 0.3) is 21.3 Å². The van der Waals surface area contributed by atoms with Crippen molar-refractivity contribution in [2.75, 3.05) is 25.2 Å². The number of hydrogen-bond acceptors (Lipinski definition) is 8. The van der Waals surface area contributed by atoms with Crippen LogP contribution in [0.1, 0.15) is 29.7 Å². The van der Waals surface area contributed by atoms with Crippen molar-refractivity contribution in [3.05, 3.63) is 59.4 Å². The Morgan fingerprint density at radius 2 is 1.82 bits per heavy atom. The second-order valence-electron chi connectivity index (χ2n) is 10.00. The lowest BCUT2D eigenvalue weighted by Gasteiger charge is -2.26. The SMILES string of the molecule is CN(c1ncnc2sc(CC(F)(F)F)cc12)[C@@H]1CC[C@H](NCc2ccc(-c3cnc4c(c3)OCCO4)cc2)C1.Cl. The van der Waals surface area contributed by atoms with Gasteiger partial charge in [-0.15, -0.1) is 23.7 Å². The fourth-order valence-electron chi connectivity index (χ4n) is 5.30. The number of anilines is 1. The van der Waals surface area contributed by atoms with Gasteiger partial charge in [-0.2, -0.15) is 13.2 Å². The molecular formula is C28H29ClF3N5O2S. The van der Waals surface area contributed by atoms with E-state index in [0.29, 0.717) is 46.9 Å². The standard InChI is InChI=1S/C28H28F3N5O2S.ClH/c1-36(25-23-12-22(13-28(29,30)31)39-27(23)35-16-34-25)21-7-6-20(11-21)32-14-17-2-4-18(5-3-17)19-10-24-26(33-15-19)38-9-8-37-24;/h2-5,10,12,15-16,20-21,32H,6-9,11,13-14H2,1H3;1H/t20-,21+;/m0./s1. The lowest BCUT2D eigenvalue weighted by Crippen LogP contribution is -2.33. The lowest BCUT2D eigenvalue weighted by molar-refractivity contribution is -0.126. The summed E-state index contributed by atoms with van der Waals surface area (Å²) in [5, 5.41) is 4.36. The molecule has 6 rings (SSSR count). The third kappa shape index (κ3) is 6.26. The van der Waals surface area contributed by atoms with Crippen LogP contribution in [0.3, 0.4) is 0 Å². The Bertz CT molecular complexity index is 1470. The average Bonchev–Trinajstić information content (AvgIpc) is 3.57. The Morgan fingerprint density at radius 1 is 1.02 bits per heavy atom. The van der Waals surface area contributed by atoms with Gasteiger partial charge in [0.25, 0.3) is 5.88 Å². The van der Waals surface area contributed by atoms with E-state index in [2.05, 4.69) is 49.4 Å². The van der Waals surface area contributed by atoms with E-state index >= 15 is 0 Å². The topological polar surface area (TPSA) is 72.4 Å². The first-order valence-corrected chi connectivity index (χ1v) is 13.8. The second-order valence-corrected chi connectivity index (χ2v) is 11.1. The molecule has 212 valence electrons. The van der Waals surface area contributed by atoms with Crippen molar-refractivity contribution in [3.63, 3.8) is 0 Å². The molecule has 1 fully saturated rings. The number of halogens is 4. The number of rotatable bonds is 7. The van der Waals surface area contributed by atoms with Crippen LogP contribution in [0.4, 0.5) is 19.0 Å². The number of thiophene rings is 1. The monoisotopic (exact) mass is 591 g/mol. The number of alkyl halides is 3. The van der Waals surface area contributed by atoms with Crippen molar-refractivity contribution in [2.24, 2.45) is 0 Å². The van der Waals surface area contributed by atoms with E-state index in [-0.39, 0.29) is 23.3 Å². The molecule has 0 saturated heterocycles. The van der Waals surface area contributed by atoms with Crippen molar-refractivity contribution in [1.29, 1.82) is 0 Å². The van der Waals surface area contributed by atoms with Gasteiger partial charge in [0.05, 0.1) is 11.8 Å². The molecule has 2 atom stereocenters. The van der Waals surface area contributed by atoms with Crippen LogP contribution in [0.2, 0.25) is 0 Å². The summed E-state index contributed by atoms with van der Waals surface area (Å²) >= 11 is 1.08. The molecule has 2 aliphatic rings. The van der Waals surface area contributed by atoms with Gasteiger partial charge in [-0.05, 0) is 42.5 Å². The summed E-state index contributed by atoms with van der Waals surface area (Å²) in [5.41, 5.74) is 3.23. The number of aromatic nitrogens is 3. The molecule has 40 heavy (non-hydrogen) atoms. The molecule has 0 bridgehead atoms. The minimum Gasteiger partial charge on any atom is -0.484 e. The molecule has 1 N–H and O–H groups in total. The minimum atomic E-state index is -4.24. The predicted octanol–water partition coefficient (Wildman–Crippen LogP) is 6.20. The maximum absolute atomic E-state index is 12.9. The van der Waals surface area contributed by atoms with Gasteiger partial charge in [0.1, 0.15) is 30.2 Å². The zero-order valence-corrected chi connectivity index (χ0v) is 23.4. The van der Waals surface area contributed by atoms with Gasteiger partial charge in [0, 0.05) is 42.3 Å². The van der Waals surface area contributed by atoms with E-state index in [4.69, 9.17) is 9.47 Å². The zero-order chi connectivity index (χ0) is 27.0. The summed E-state index contributed by atoms with van der Waals surface area (Å²) in [6, 6.07) is 12.6. The summed E-state index contributed by atoms with van der Waals surface area (Å²) in [7, 11) is 1.97. The van der Waals surface area contributed by atoms with Crippen molar-refractivity contribution < 1.29 is 22.6 Å². The highest BCUT2D eigenvalue weighted by atomic mass is 35.5. The van der Waals surface area contributed by atoms with Gasteiger partial charge >= 0.3 is 6.18 Å². The second kappa shape index (κ2) is 11.8. The first-order chi connectivity index (χ1) is 18.8. The Kier molecular flexibility index (Phi) is 8.34. The van der Waals surface area contributed by atoms with Crippen LogP contribution in [0.15, 0.2) is 48.9 Å². The molecular weight excluding hydrogens is 563 g/mol. The zero-order valence-electron chi connectivity index (χ0n) is 21.8. The van der Waals surface area contributed by atoms with Crippen LogP contribution in [-0.2, 0) is 13.0 Å². The molecule has 1 saturated carbocycles. The molecule has 0 spiro atoms.